The molecule has 0 saturated carbocycles. The molecule has 0 saturated heterocycles. The Kier molecular flexibility index (Phi) is 9.21. The maximum absolute atomic E-state index is 4.66. The fraction of sp³-hybridized carbons (Fsp3) is 1.00. The van der Waals surface area contributed by atoms with E-state index in [1.807, 2.05) is 0 Å². The van der Waals surface area contributed by atoms with E-state index in [2.05, 4.69) is 32.8 Å². The first-order valence-corrected chi connectivity index (χ1v) is 7.32. The maximum Gasteiger partial charge on any atom is 0.112 e. The molecular formula is C6H16NaSSi. The molecule has 0 rings (SSSR count). The molecule has 0 aliphatic heterocycles. The zero-order valence-electron chi connectivity index (χ0n) is 7.07. The average Bonchev–Trinajstić information content (AvgIpc) is 1.87. The molecule has 51 valence electrons. The Labute approximate surface area is 87.2 Å². The molecule has 0 bridgehead atoms. The molecule has 0 heterocycles. The number of thiol groups is 1. The molecule has 0 amide bonds. The summed E-state index contributed by atoms with van der Waals surface area (Å²) < 4.78 is 0. The van der Waals surface area contributed by atoms with E-state index in [4.69, 9.17) is 0 Å². The molecule has 0 aromatic rings. The van der Waals surface area contributed by atoms with E-state index in [-0.39, 0.29) is 29.6 Å². The number of hydrogen-bond acceptors (Lipinski definition) is 1. The van der Waals surface area contributed by atoms with Crippen molar-refractivity contribution in [1.29, 1.82) is 0 Å². The van der Waals surface area contributed by atoms with Gasteiger partial charge in [-0.1, -0.05) is 38.9 Å². The standard InChI is InChI=1S/C6H16SSi.Na/c1-4-8(7,5-2)6-3;/h7H,4-6H2,1-3H3;. The van der Waals surface area contributed by atoms with Gasteiger partial charge in [0.1, 0.15) is 7.22 Å². The zero-order valence-corrected chi connectivity index (χ0v) is 11.0. The third-order valence-corrected chi connectivity index (χ3v) is 8.77. The van der Waals surface area contributed by atoms with Gasteiger partial charge in [-0.15, -0.1) is 0 Å². The van der Waals surface area contributed by atoms with Crippen molar-refractivity contribution < 1.29 is 0 Å². The van der Waals surface area contributed by atoms with Crippen LogP contribution in [-0.4, -0.2) is 36.8 Å². The smallest absolute Gasteiger partial charge is 0.112 e. The van der Waals surface area contributed by atoms with E-state index < -0.39 is 7.22 Å². The van der Waals surface area contributed by atoms with Gasteiger partial charge in [0, 0.05) is 29.6 Å². The van der Waals surface area contributed by atoms with Crippen LogP contribution in [0.3, 0.4) is 0 Å². The van der Waals surface area contributed by atoms with Gasteiger partial charge in [0.2, 0.25) is 0 Å². The second-order valence-corrected chi connectivity index (χ2v) is 9.70. The summed E-state index contributed by atoms with van der Waals surface area (Å²) in [6.07, 6.45) is 0. The molecule has 0 nitrogen and oxygen atoms in total. The Bertz CT molecular complexity index is 55.8. The summed E-state index contributed by atoms with van der Waals surface area (Å²) in [5.74, 6) is 0. The van der Waals surface area contributed by atoms with Gasteiger partial charge < -0.3 is 0 Å². The molecule has 3 heteroatoms. The van der Waals surface area contributed by atoms with Crippen molar-refractivity contribution in [3.8, 4) is 0 Å². The quantitative estimate of drug-likeness (QED) is 0.489. The predicted octanol–water partition coefficient (Wildman–Crippen LogP) is 2.54. The molecule has 0 unspecified atom stereocenters. The Morgan fingerprint density at radius 2 is 1.22 bits per heavy atom. The monoisotopic (exact) mass is 171 g/mol. The van der Waals surface area contributed by atoms with E-state index in [1.165, 1.54) is 18.1 Å². The fourth-order valence-corrected chi connectivity index (χ4v) is 2.25. The maximum atomic E-state index is 4.66. The van der Waals surface area contributed by atoms with Crippen molar-refractivity contribution in [3.05, 3.63) is 0 Å². The van der Waals surface area contributed by atoms with Crippen LogP contribution in [0.25, 0.3) is 0 Å². The minimum Gasteiger partial charge on any atom is -0.202 e. The number of rotatable bonds is 3. The van der Waals surface area contributed by atoms with Gasteiger partial charge in [0.15, 0.2) is 0 Å². The van der Waals surface area contributed by atoms with Crippen LogP contribution in [0, 0.1) is 0 Å². The van der Waals surface area contributed by atoms with E-state index in [1.54, 1.807) is 0 Å². The average molecular weight is 171 g/mol. The van der Waals surface area contributed by atoms with Crippen molar-refractivity contribution in [3.63, 3.8) is 0 Å². The van der Waals surface area contributed by atoms with Gasteiger partial charge >= 0.3 is 0 Å². The van der Waals surface area contributed by atoms with E-state index in [0.717, 1.165) is 0 Å². The van der Waals surface area contributed by atoms with Gasteiger partial charge in [-0.25, -0.2) is 12.1 Å². The minimum atomic E-state index is -0.977. The molecule has 0 spiro atoms. The summed E-state index contributed by atoms with van der Waals surface area (Å²) in [5, 5.41) is 0. The van der Waals surface area contributed by atoms with Crippen LogP contribution in [0.15, 0.2) is 0 Å². The van der Waals surface area contributed by atoms with Crippen LogP contribution in [0.5, 0.6) is 0 Å². The van der Waals surface area contributed by atoms with Crippen LogP contribution in [0.1, 0.15) is 20.8 Å². The first-order chi connectivity index (χ1) is 3.68. The van der Waals surface area contributed by atoms with Crippen LogP contribution < -0.4 is 0 Å². The summed E-state index contributed by atoms with van der Waals surface area (Å²) in [4.78, 5) is 0. The van der Waals surface area contributed by atoms with Crippen molar-refractivity contribution in [2.45, 2.75) is 38.9 Å². The summed E-state index contributed by atoms with van der Waals surface area (Å²) in [7, 11) is -0.977. The van der Waals surface area contributed by atoms with E-state index >= 15 is 0 Å². The Morgan fingerprint density at radius 3 is 1.22 bits per heavy atom. The SMILES string of the molecule is CC[Si](S)(CC)CC.[Na]. The van der Waals surface area contributed by atoms with Gasteiger partial charge in [0.05, 0.1) is 0 Å². The second kappa shape index (κ2) is 6.29. The molecule has 9 heavy (non-hydrogen) atoms. The van der Waals surface area contributed by atoms with Gasteiger partial charge in [-0.3, -0.25) is 0 Å². The van der Waals surface area contributed by atoms with Gasteiger partial charge in [0.25, 0.3) is 0 Å². The van der Waals surface area contributed by atoms with Crippen molar-refractivity contribution in [1.82, 2.24) is 0 Å². The van der Waals surface area contributed by atoms with E-state index in [0.29, 0.717) is 0 Å². The van der Waals surface area contributed by atoms with Crippen LogP contribution in [0.2, 0.25) is 18.1 Å². The topological polar surface area (TPSA) is 0 Å². The normalized spacial score (nSPS) is 10.7. The molecule has 1 radical (unpaired) electrons. The molecule has 0 aliphatic carbocycles. The van der Waals surface area contributed by atoms with Crippen molar-refractivity contribution in [2.24, 2.45) is 0 Å². The Morgan fingerprint density at radius 1 is 1.00 bits per heavy atom. The molecule has 0 fully saturated rings. The second-order valence-electron chi connectivity index (χ2n) is 2.29. The molecule has 0 atom stereocenters. The van der Waals surface area contributed by atoms with Gasteiger partial charge in [-0.05, 0) is 0 Å². The minimum absolute atomic E-state index is 0. The Balaban J connectivity index is 0. The Hall–Kier alpha value is 1.57. The molecule has 0 aromatic carbocycles. The molecular weight excluding hydrogens is 155 g/mol. The van der Waals surface area contributed by atoms with Crippen molar-refractivity contribution >= 4 is 48.9 Å². The predicted molar refractivity (Wildman–Crippen MR) is 51.9 cm³/mol. The number of hydrogen-bond donors (Lipinski definition) is 1. The molecule has 0 N–H and O–H groups in total. The summed E-state index contributed by atoms with van der Waals surface area (Å²) in [6.45, 7) is 6.77. The fourth-order valence-electron chi connectivity index (χ4n) is 0.750. The van der Waals surface area contributed by atoms with Gasteiger partial charge in [-0.2, -0.15) is 0 Å². The van der Waals surface area contributed by atoms with Crippen LogP contribution in [-0.2, 0) is 0 Å². The first kappa shape index (κ1) is 13.2. The third kappa shape index (κ3) is 4.91. The van der Waals surface area contributed by atoms with Crippen molar-refractivity contribution in [2.75, 3.05) is 0 Å². The third-order valence-electron chi connectivity index (χ3n) is 1.97. The zero-order chi connectivity index (χ0) is 6.62. The molecule has 0 aromatic heterocycles. The summed E-state index contributed by atoms with van der Waals surface area (Å²) in [6, 6.07) is 3.97. The van der Waals surface area contributed by atoms with Crippen LogP contribution in [0.4, 0.5) is 0 Å². The summed E-state index contributed by atoms with van der Waals surface area (Å²) >= 11 is 4.66. The first-order valence-electron chi connectivity index (χ1n) is 3.41. The largest absolute Gasteiger partial charge is 0.202 e. The van der Waals surface area contributed by atoms with Crippen LogP contribution >= 0.6 is 12.1 Å². The summed E-state index contributed by atoms with van der Waals surface area (Å²) in [5.41, 5.74) is 0. The van der Waals surface area contributed by atoms with E-state index in [9.17, 15) is 0 Å². The molecule has 0 aliphatic rings.